The number of aryl methyl sites for hydroxylation is 3. The molecule has 3 aromatic rings. The van der Waals surface area contributed by atoms with Gasteiger partial charge in [-0.1, -0.05) is 53.7 Å². The lowest BCUT2D eigenvalue weighted by molar-refractivity contribution is -0.120. The number of aromatic nitrogens is 1. The van der Waals surface area contributed by atoms with Gasteiger partial charge in [0, 0.05) is 11.9 Å². The minimum Gasteiger partial charge on any atom is -0.351 e. The lowest BCUT2D eigenvalue weighted by atomic mass is 10.0. The second kappa shape index (κ2) is 7.92. The molecule has 1 unspecified atom stereocenters. The predicted molar refractivity (Wildman–Crippen MR) is 110 cm³/mol. The van der Waals surface area contributed by atoms with Crippen molar-refractivity contribution in [1.29, 1.82) is 0 Å². The van der Waals surface area contributed by atoms with Crippen LogP contribution in [0.2, 0.25) is 0 Å². The van der Waals surface area contributed by atoms with Crippen LogP contribution in [0.3, 0.4) is 0 Å². The maximum Gasteiger partial charge on any atom is 0.233 e. The average Bonchev–Trinajstić information content (AvgIpc) is 2.61. The Kier molecular flexibility index (Phi) is 5.62. The van der Waals surface area contributed by atoms with Crippen LogP contribution in [-0.2, 0) is 11.3 Å². The third kappa shape index (κ3) is 4.25. The maximum absolute atomic E-state index is 12.4. The summed E-state index contributed by atoms with van der Waals surface area (Å²) in [6.07, 6.45) is 0. The Balaban J connectivity index is 1.72. The Morgan fingerprint density at radius 3 is 2.54 bits per heavy atom. The van der Waals surface area contributed by atoms with Gasteiger partial charge in [-0.15, -0.1) is 0 Å². The van der Waals surface area contributed by atoms with Gasteiger partial charge in [0.05, 0.1) is 15.8 Å². The molecule has 0 radical (unpaired) electrons. The largest absolute Gasteiger partial charge is 0.351 e. The molecule has 3 rings (SSSR count). The number of nitrogens with one attached hydrogen (secondary N) is 1. The van der Waals surface area contributed by atoms with Crippen LogP contribution in [0.15, 0.2) is 53.6 Å². The van der Waals surface area contributed by atoms with Crippen LogP contribution >= 0.6 is 11.8 Å². The Bertz CT molecular complexity index is 938. The van der Waals surface area contributed by atoms with Gasteiger partial charge < -0.3 is 5.32 Å². The minimum atomic E-state index is -0.200. The van der Waals surface area contributed by atoms with Crippen molar-refractivity contribution in [3.8, 4) is 0 Å². The van der Waals surface area contributed by atoms with Crippen molar-refractivity contribution >= 4 is 28.6 Å². The summed E-state index contributed by atoms with van der Waals surface area (Å²) < 4.78 is 0. The second-order valence-corrected chi connectivity index (χ2v) is 8.08. The molecule has 3 nitrogen and oxygen atoms in total. The number of hydrogen-bond acceptors (Lipinski definition) is 3. The van der Waals surface area contributed by atoms with Crippen molar-refractivity contribution in [2.75, 3.05) is 0 Å². The molecule has 0 saturated heterocycles. The fraction of sp³-hybridized carbons (Fsp3) is 0.273. The third-order valence-corrected chi connectivity index (χ3v) is 5.43. The zero-order chi connectivity index (χ0) is 18.7. The van der Waals surface area contributed by atoms with Gasteiger partial charge in [-0.05, 0) is 56.5 Å². The Labute approximate surface area is 159 Å². The summed E-state index contributed by atoms with van der Waals surface area (Å²) in [5.41, 5.74) is 5.74. The first-order valence-corrected chi connectivity index (χ1v) is 9.69. The monoisotopic (exact) mass is 364 g/mol. The molecule has 26 heavy (non-hydrogen) atoms. The van der Waals surface area contributed by atoms with E-state index in [1.54, 1.807) is 0 Å². The Morgan fingerprint density at radius 2 is 1.81 bits per heavy atom. The summed E-state index contributed by atoms with van der Waals surface area (Å²) in [6.45, 7) is 8.77. The van der Waals surface area contributed by atoms with E-state index >= 15 is 0 Å². The predicted octanol–water partition coefficient (Wildman–Crippen LogP) is 4.96. The van der Waals surface area contributed by atoms with Crippen LogP contribution in [0.25, 0.3) is 10.9 Å². The van der Waals surface area contributed by atoms with Crippen molar-refractivity contribution in [1.82, 2.24) is 10.3 Å². The van der Waals surface area contributed by atoms with E-state index < -0.39 is 0 Å². The van der Waals surface area contributed by atoms with E-state index in [1.807, 2.05) is 37.3 Å². The number of thioether (sulfide) groups is 1. The molecule has 1 aromatic heterocycles. The molecule has 4 heteroatoms. The average molecular weight is 365 g/mol. The summed E-state index contributed by atoms with van der Waals surface area (Å²) in [7, 11) is 0. The highest BCUT2D eigenvalue weighted by atomic mass is 32.2. The SMILES string of the molecule is Cc1cc(C)c2nc(SC(C)C(=O)NCc3ccccc3)cc(C)c2c1. The number of pyridine rings is 1. The lowest BCUT2D eigenvalue weighted by Crippen LogP contribution is -2.30. The number of hydrogen-bond donors (Lipinski definition) is 1. The van der Waals surface area contributed by atoms with Gasteiger partial charge in [0.1, 0.15) is 0 Å². The van der Waals surface area contributed by atoms with Crippen LogP contribution in [-0.4, -0.2) is 16.1 Å². The molecular formula is C22H24N2OS. The molecular weight excluding hydrogens is 340 g/mol. The molecule has 1 heterocycles. The standard InChI is InChI=1S/C22H24N2OS/c1-14-10-16(3)21-19(11-14)15(2)12-20(24-21)26-17(4)22(25)23-13-18-8-6-5-7-9-18/h5-12,17H,13H2,1-4H3,(H,23,25). The van der Waals surface area contributed by atoms with Crippen molar-refractivity contribution in [2.24, 2.45) is 0 Å². The zero-order valence-corrected chi connectivity index (χ0v) is 16.5. The van der Waals surface area contributed by atoms with E-state index in [0.29, 0.717) is 6.54 Å². The van der Waals surface area contributed by atoms with Crippen molar-refractivity contribution < 1.29 is 4.79 Å². The fourth-order valence-electron chi connectivity index (χ4n) is 3.04. The molecule has 1 atom stereocenters. The van der Waals surface area contributed by atoms with E-state index in [1.165, 1.54) is 33.8 Å². The number of nitrogens with zero attached hydrogens (tertiary/aromatic N) is 1. The van der Waals surface area contributed by atoms with Gasteiger partial charge >= 0.3 is 0 Å². The summed E-state index contributed by atoms with van der Waals surface area (Å²) >= 11 is 1.51. The molecule has 0 bridgehead atoms. The number of amides is 1. The first-order chi connectivity index (χ1) is 12.4. The molecule has 134 valence electrons. The number of carbonyl (C=O) groups excluding carboxylic acids is 1. The Morgan fingerprint density at radius 1 is 1.08 bits per heavy atom. The fourth-order valence-corrected chi connectivity index (χ4v) is 3.98. The Hall–Kier alpha value is -2.33. The zero-order valence-electron chi connectivity index (χ0n) is 15.7. The molecule has 1 amide bonds. The van der Waals surface area contributed by atoms with E-state index in [0.717, 1.165) is 16.1 Å². The van der Waals surface area contributed by atoms with Gasteiger partial charge in [-0.25, -0.2) is 4.98 Å². The molecule has 1 N–H and O–H groups in total. The normalized spacial score (nSPS) is 12.2. The molecule has 0 fully saturated rings. The van der Waals surface area contributed by atoms with Crippen molar-refractivity contribution in [2.45, 2.75) is 44.5 Å². The van der Waals surface area contributed by atoms with E-state index in [2.05, 4.69) is 44.3 Å². The molecule has 2 aromatic carbocycles. The number of carbonyl (C=O) groups is 1. The highest BCUT2D eigenvalue weighted by Crippen LogP contribution is 2.29. The molecule has 0 saturated carbocycles. The summed E-state index contributed by atoms with van der Waals surface area (Å²) in [5.74, 6) is 0.0269. The molecule has 0 aliphatic heterocycles. The van der Waals surface area contributed by atoms with Crippen LogP contribution in [0, 0.1) is 20.8 Å². The van der Waals surface area contributed by atoms with Crippen molar-refractivity contribution in [3.05, 3.63) is 70.8 Å². The summed E-state index contributed by atoms with van der Waals surface area (Å²) in [4.78, 5) is 17.2. The van der Waals surface area contributed by atoms with E-state index in [4.69, 9.17) is 4.98 Å². The third-order valence-electron chi connectivity index (χ3n) is 4.41. The summed E-state index contributed by atoms with van der Waals surface area (Å²) in [6, 6.07) is 16.4. The molecule has 0 aliphatic rings. The van der Waals surface area contributed by atoms with Crippen LogP contribution in [0.5, 0.6) is 0 Å². The first-order valence-electron chi connectivity index (χ1n) is 8.81. The smallest absolute Gasteiger partial charge is 0.233 e. The van der Waals surface area contributed by atoms with E-state index in [-0.39, 0.29) is 11.2 Å². The topological polar surface area (TPSA) is 42.0 Å². The van der Waals surface area contributed by atoms with Crippen LogP contribution in [0.1, 0.15) is 29.2 Å². The molecule has 0 spiro atoms. The summed E-state index contributed by atoms with van der Waals surface area (Å²) in [5, 5.41) is 4.88. The van der Waals surface area contributed by atoms with E-state index in [9.17, 15) is 4.79 Å². The second-order valence-electron chi connectivity index (χ2n) is 6.72. The molecule has 0 aliphatic carbocycles. The highest BCUT2D eigenvalue weighted by Gasteiger charge is 2.16. The maximum atomic E-state index is 12.4. The number of benzene rings is 2. The van der Waals surface area contributed by atoms with Crippen molar-refractivity contribution in [3.63, 3.8) is 0 Å². The van der Waals surface area contributed by atoms with Gasteiger partial charge in [0.2, 0.25) is 5.91 Å². The number of rotatable bonds is 5. The minimum absolute atomic E-state index is 0.0269. The van der Waals surface area contributed by atoms with Gasteiger partial charge in [0.25, 0.3) is 0 Å². The van der Waals surface area contributed by atoms with Gasteiger partial charge in [-0.3, -0.25) is 4.79 Å². The highest BCUT2D eigenvalue weighted by molar-refractivity contribution is 8.00. The quantitative estimate of drug-likeness (QED) is 0.651. The lowest BCUT2D eigenvalue weighted by Gasteiger charge is -2.14. The van der Waals surface area contributed by atoms with Gasteiger partial charge in [0.15, 0.2) is 0 Å². The first kappa shape index (κ1) is 18.5. The van der Waals surface area contributed by atoms with Gasteiger partial charge in [-0.2, -0.15) is 0 Å². The van der Waals surface area contributed by atoms with Crippen LogP contribution in [0.4, 0.5) is 0 Å². The number of fused-ring (bicyclic) bond motifs is 1. The van der Waals surface area contributed by atoms with Crippen LogP contribution < -0.4 is 5.32 Å².